The molecule has 0 fully saturated rings. The fraction of sp³-hybridized carbons (Fsp3) is 0.750. The van der Waals surface area contributed by atoms with Gasteiger partial charge in [0.2, 0.25) is 0 Å². The number of hydrogen-bond donors (Lipinski definition) is 0. The van der Waals surface area contributed by atoms with Crippen LogP contribution in [0, 0.1) is 0 Å². The minimum absolute atomic E-state index is 0.142. The Morgan fingerprint density at radius 3 is 2.67 bits per heavy atom. The molecule has 0 heterocycles. The summed E-state index contributed by atoms with van der Waals surface area (Å²) in [7, 11) is 1.31. The summed E-state index contributed by atoms with van der Waals surface area (Å²) in [6.45, 7) is 2.32. The first kappa shape index (κ1) is 10.9. The molecule has 0 rings (SSSR count). The van der Waals surface area contributed by atoms with Crippen LogP contribution in [0.4, 0.5) is 0 Å². The van der Waals surface area contributed by atoms with Crippen molar-refractivity contribution in [2.24, 2.45) is 0 Å². The Hall–Kier alpha value is -1.06. The van der Waals surface area contributed by atoms with Gasteiger partial charge in [-0.2, -0.15) is 0 Å². The van der Waals surface area contributed by atoms with Gasteiger partial charge in [-0.1, -0.05) is 13.3 Å². The number of methoxy groups -OCH3 is 1. The molecule has 1 unspecified atom stereocenters. The first-order valence-electron chi connectivity index (χ1n) is 3.90. The lowest BCUT2D eigenvalue weighted by atomic mass is 10.1. The van der Waals surface area contributed by atoms with Crippen LogP contribution in [0.5, 0.6) is 0 Å². The summed E-state index contributed by atoms with van der Waals surface area (Å²) in [5, 5.41) is 0. The number of carbonyl (C=O) groups excluding carboxylic acids is 2. The Morgan fingerprint density at radius 1 is 1.58 bits per heavy atom. The lowest BCUT2D eigenvalue weighted by Crippen LogP contribution is -2.17. The van der Waals surface area contributed by atoms with Gasteiger partial charge in [0.1, 0.15) is 6.10 Å². The summed E-state index contributed by atoms with van der Waals surface area (Å²) < 4.78 is 9.11. The van der Waals surface area contributed by atoms with Gasteiger partial charge in [-0.15, -0.1) is 0 Å². The zero-order chi connectivity index (χ0) is 9.40. The van der Waals surface area contributed by atoms with Crippen molar-refractivity contribution < 1.29 is 19.1 Å². The molecule has 0 spiro atoms. The Labute approximate surface area is 71.8 Å². The number of esters is 1. The van der Waals surface area contributed by atoms with E-state index >= 15 is 0 Å². The Bertz CT molecular complexity index is 144. The lowest BCUT2D eigenvalue weighted by Gasteiger charge is -2.11. The van der Waals surface area contributed by atoms with E-state index in [0.29, 0.717) is 12.9 Å². The molecular formula is C8H14O4. The second kappa shape index (κ2) is 6.64. The smallest absolute Gasteiger partial charge is 0.309 e. The van der Waals surface area contributed by atoms with E-state index in [-0.39, 0.29) is 18.5 Å². The molecule has 0 aromatic heterocycles. The maximum atomic E-state index is 10.8. The van der Waals surface area contributed by atoms with Gasteiger partial charge in [-0.25, -0.2) is 0 Å². The van der Waals surface area contributed by atoms with Crippen molar-refractivity contribution in [2.45, 2.75) is 32.3 Å². The van der Waals surface area contributed by atoms with Crippen molar-refractivity contribution in [3.05, 3.63) is 0 Å². The van der Waals surface area contributed by atoms with E-state index in [2.05, 4.69) is 9.47 Å². The van der Waals surface area contributed by atoms with Crippen molar-refractivity contribution >= 4 is 12.4 Å². The molecule has 0 aliphatic rings. The minimum atomic E-state index is -0.352. The lowest BCUT2D eigenvalue weighted by molar-refractivity contribution is -0.146. The van der Waals surface area contributed by atoms with Crippen LogP contribution in [0.1, 0.15) is 26.2 Å². The first-order valence-corrected chi connectivity index (χ1v) is 3.90. The molecule has 0 aliphatic heterocycles. The van der Waals surface area contributed by atoms with Gasteiger partial charge < -0.3 is 9.47 Å². The summed E-state index contributed by atoms with van der Waals surface area (Å²) >= 11 is 0. The zero-order valence-corrected chi connectivity index (χ0v) is 7.41. The molecule has 70 valence electrons. The highest BCUT2D eigenvalue weighted by Crippen LogP contribution is 2.06. The maximum Gasteiger partial charge on any atom is 0.309 e. The van der Waals surface area contributed by atoms with Crippen LogP contribution in [0.15, 0.2) is 0 Å². The number of rotatable bonds is 6. The normalized spacial score (nSPS) is 11.8. The largest absolute Gasteiger partial charge is 0.469 e. The molecule has 0 radical (unpaired) electrons. The summed E-state index contributed by atoms with van der Waals surface area (Å²) in [6.07, 6.45) is 1.37. The quantitative estimate of drug-likeness (QED) is 0.443. The fourth-order valence-corrected chi connectivity index (χ4v) is 0.888. The maximum absolute atomic E-state index is 10.8. The first-order chi connectivity index (χ1) is 5.74. The van der Waals surface area contributed by atoms with E-state index in [9.17, 15) is 9.59 Å². The SMILES string of the molecule is CCCC(CC(=O)OC)OC=O. The van der Waals surface area contributed by atoms with Crippen LogP contribution in [0.3, 0.4) is 0 Å². The monoisotopic (exact) mass is 174 g/mol. The molecule has 4 nitrogen and oxygen atoms in total. The molecule has 0 saturated carbocycles. The standard InChI is InChI=1S/C8H14O4/c1-3-4-7(12-6-9)5-8(10)11-2/h6-7H,3-5H2,1-2H3. The molecule has 1 atom stereocenters. The fourth-order valence-electron chi connectivity index (χ4n) is 0.888. The Kier molecular flexibility index (Phi) is 6.05. The summed E-state index contributed by atoms with van der Waals surface area (Å²) in [5.74, 6) is -0.352. The summed E-state index contributed by atoms with van der Waals surface area (Å²) in [4.78, 5) is 20.7. The summed E-state index contributed by atoms with van der Waals surface area (Å²) in [5.41, 5.74) is 0. The molecule has 0 saturated heterocycles. The second-order valence-corrected chi connectivity index (χ2v) is 2.42. The van der Waals surface area contributed by atoms with E-state index in [0.717, 1.165) is 6.42 Å². The highest BCUT2D eigenvalue weighted by molar-refractivity contribution is 5.69. The van der Waals surface area contributed by atoms with Crippen LogP contribution >= 0.6 is 0 Å². The van der Waals surface area contributed by atoms with Crippen molar-refractivity contribution in [1.29, 1.82) is 0 Å². The topological polar surface area (TPSA) is 52.6 Å². The second-order valence-electron chi connectivity index (χ2n) is 2.42. The van der Waals surface area contributed by atoms with Gasteiger partial charge in [0, 0.05) is 0 Å². The van der Waals surface area contributed by atoms with Gasteiger partial charge in [0.05, 0.1) is 13.5 Å². The van der Waals surface area contributed by atoms with Gasteiger partial charge >= 0.3 is 5.97 Å². The van der Waals surface area contributed by atoms with Crippen molar-refractivity contribution in [3.63, 3.8) is 0 Å². The molecule has 0 aliphatic carbocycles. The molecular weight excluding hydrogens is 160 g/mol. The number of hydrogen-bond acceptors (Lipinski definition) is 4. The van der Waals surface area contributed by atoms with E-state index in [4.69, 9.17) is 0 Å². The van der Waals surface area contributed by atoms with Gasteiger partial charge in [0.15, 0.2) is 0 Å². The van der Waals surface area contributed by atoms with Crippen LogP contribution in [0.25, 0.3) is 0 Å². The molecule has 0 aromatic carbocycles. The summed E-state index contributed by atoms with van der Waals surface area (Å²) in [6, 6.07) is 0. The van der Waals surface area contributed by atoms with E-state index in [1.165, 1.54) is 7.11 Å². The molecule has 4 heteroatoms. The van der Waals surface area contributed by atoms with Gasteiger partial charge in [-0.05, 0) is 6.42 Å². The van der Waals surface area contributed by atoms with Crippen LogP contribution in [0.2, 0.25) is 0 Å². The third kappa shape index (κ3) is 4.71. The van der Waals surface area contributed by atoms with E-state index in [1.54, 1.807) is 0 Å². The van der Waals surface area contributed by atoms with Gasteiger partial charge in [0.25, 0.3) is 6.47 Å². The van der Waals surface area contributed by atoms with Crippen molar-refractivity contribution in [1.82, 2.24) is 0 Å². The Balaban J connectivity index is 3.76. The molecule has 0 bridgehead atoms. The van der Waals surface area contributed by atoms with Gasteiger partial charge in [-0.3, -0.25) is 9.59 Å². The van der Waals surface area contributed by atoms with Crippen molar-refractivity contribution in [3.8, 4) is 0 Å². The highest BCUT2D eigenvalue weighted by atomic mass is 16.5. The highest BCUT2D eigenvalue weighted by Gasteiger charge is 2.13. The third-order valence-corrected chi connectivity index (χ3v) is 1.48. The predicted octanol–water partition coefficient (Wildman–Crippen LogP) is 0.891. The third-order valence-electron chi connectivity index (χ3n) is 1.48. The number of carbonyl (C=O) groups is 2. The predicted molar refractivity (Wildman–Crippen MR) is 42.5 cm³/mol. The molecule has 12 heavy (non-hydrogen) atoms. The minimum Gasteiger partial charge on any atom is -0.469 e. The van der Waals surface area contributed by atoms with Crippen LogP contribution in [-0.2, 0) is 19.1 Å². The number of ether oxygens (including phenoxy) is 2. The van der Waals surface area contributed by atoms with Crippen molar-refractivity contribution in [2.75, 3.05) is 7.11 Å². The van der Waals surface area contributed by atoms with Crippen LogP contribution < -0.4 is 0 Å². The zero-order valence-electron chi connectivity index (χ0n) is 7.41. The average molecular weight is 174 g/mol. The molecule has 0 aromatic rings. The van der Waals surface area contributed by atoms with E-state index < -0.39 is 0 Å². The average Bonchev–Trinajstić information content (AvgIpc) is 2.05. The Morgan fingerprint density at radius 2 is 2.25 bits per heavy atom. The molecule has 0 amide bonds. The van der Waals surface area contributed by atoms with Crippen LogP contribution in [-0.4, -0.2) is 25.7 Å². The molecule has 0 N–H and O–H groups in total. The van der Waals surface area contributed by atoms with E-state index in [1.807, 2.05) is 6.92 Å².